The highest BCUT2D eigenvalue weighted by molar-refractivity contribution is 9.10. The summed E-state index contributed by atoms with van der Waals surface area (Å²) in [5.41, 5.74) is 6.06. The van der Waals surface area contributed by atoms with Crippen molar-refractivity contribution in [1.29, 1.82) is 0 Å². The summed E-state index contributed by atoms with van der Waals surface area (Å²) in [6.07, 6.45) is 0. The van der Waals surface area contributed by atoms with Gasteiger partial charge in [-0.1, -0.05) is 11.6 Å². The molecule has 1 aromatic carbocycles. The number of nitrogen functional groups attached to an aromatic ring is 1. The fourth-order valence-electron chi connectivity index (χ4n) is 0.552. The highest BCUT2D eigenvalue weighted by Crippen LogP contribution is 2.29. The first-order chi connectivity index (χ1) is 4.61. The van der Waals surface area contributed by atoms with Crippen LogP contribution in [0.3, 0.4) is 0 Å². The van der Waals surface area contributed by atoms with Gasteiger partial charge in [-0.05, 0) is 28.1 Å². The Morgan fingerprint density at radius 3 is 2.60 bits per heavy atom. The quantitative estimate of drug-likeness (QED) is 0.527. The molecule has 0 spiro atoms. The second kappa shape index (κ2) is 3.03. The van der Waals surface area contributed by atoms with E-state index in [-0.39, 0.29) is 0 Å². The Labute approximate surface area is 78.1 Å². The van der Waals surface area contributed by atoms with Crippen molar-refractivity contribution in [2.75, 3.05) is 5.73 Å². The number of hydrogen-bond donors (Lipinski definition) is 2. The fraction of sp³-hybridized carbons (Fsp3) is 0. The van der Waals surface area contributed by atoms with Crippen molar-refractivity contribution in [2.45, 2.75) is 4.90 Å². The summed E-state index contributed by atoms with van der Waals surface area (Å²) >= 11 is 13.1. The van der Waals surface area contributed by atoms with Gasteiger partial charge in [-0.2, -0.15) is 0 Å². The topological polar surface area (TPSA) is 26.0 Å². The van der Waals surface area contributed by atoms with E-state index in [0.717, 1.165) is 9.37 Å². The third-order valence-electron chi connectivity index (χ3n) is 1.07. The summed E-state index contributed by atoms with van der Waals surface area (Å²) in [6.45, 7) is 0. The normalized spacial score (nSPS) is 9.90. The summed E-state index contributed by atoms with van der Waals surface area (Å²) < 4.78 is 0.859. The van der Waals surface area contributed by atoms with Crippen LogP contribution in [-0.2, 0) is 0 Å². The van der Waals surface area contributed by atoms with Crippen LogP contribution in [0.1, 0.15) is 0 Å². The maximum atomic E-state index is 5.69. The largest absolute Gasteiger partial charge is 0.397 e. The average Bonchev–Trinajstić information content (AvgIpc) is 1.84. The molecule has 1 aromatic rings. The van der Waals surface area contributed by atoms with Crippen LogP contribution in [0.2, 0.25) is 5.02 Å². The first-order valence-electron chi connectivity index (χ1n) is 2.54. The first kappa shape index (κ1) is 8.24. The van der Waals surface area contributed by atoms with Gasteiger partial charge in [0.15, 0.2) is 0 Å². The first-order valence-corrected chi connectivity index (χ1v) is 4.16. The molecule has 2 N–H and O–H groups in total. The Kier molecular flexibility index (Phi) is 2.50. The molecule has 0 aliphatic heterocycles. The van der Waals surface area contributed by atoms with Crippen LogP contribution in [0.25, 0.3) is 0 Å². The minimum atomic E-state index is 0.535. The minimum absolute atomic E-state index is 0.535. The number of anilines is 1. The van der Waals surface area contributed by atoms with E-state index in [1.165, 1.54) is 0 Å². The van der Waals surface area contributed by atoms with Crippen molar-refractivity contribution in [3.8, 4) is 0 Å². The van der Waals surface area contributed by atoms with Crippen molar-refractivity contribution < 1.29 is 0 Å². The Hall–Kier alpha value is 0.140. The molecule has 0 heterocycles. The van der Waals surface area contributed by atoms with Crippen LogP contribution in [0.5, 0.6) is 0 Å². The lowest BCUT2D eigenvalue weighted by Gasteiger charge is -2.00. The van der Waals surface area contributed by atoms with Crippen LogP contribution < -0.4 is 5.73 Å². The van der Waals surface area contributed by atoms with Crippen molar-refractivity contribution in [3.05, 3.63) is 21.6 Å². The van der Waals surface area contributed by atoms with Gasteiger partial charge in [0.05, 0.1) is 10.7 Å². The molecule has 10 heavy (non-hydrogen) atoms. The Morgan fingerprint density at radius 1 is 1.50 bits per heavy atom. The predicted molar refractivity (Wildman–Crippen MR) is 50.8 cm³/mol. The van der Waals surface area contributed by atoms with Crippen molar-refractivity contribution >= 4 is 45.8 Å². The molecule has 0 aromatic heterocycles. The average molecular weight is 239 g/mol. The van der Waals surface area contributed by atoms with Gasteiger partial charge < -0.3 is 5.73 Å². The number of halogens is 2. The summed E-state index contributed by atoms with van der Waals surface area (Å²) in [5, 5.41) is 0.535. The number of benzene rings is 1. The zero-order valence-electron chi connectivity index (χ0n) is 4.94. The van der Waals surface area contributed by atoms with Crippen LogP contribution in [0.15, 0.2) is 21.5 Å². The van der Waals surface area contributed by atoms with Crippen molar-refractivity contribution in [3.63, 3.8) is 0 Å². The molecule has 1 nitrogen and oxygen atoms in total. The highest BCUT2D eigenvalue weighted by atomic mass is 79.9. The van der Waals surface area contributed by atoms with Gasteiger partial charge in [0, 0.05) is 9.37 Å². The molecule has 0 saturated carbocycles. The third-order valence-corrected chi connectivity index (χ3v) is 2.73. The smallest absolute Gasteiger partial charge is 0.0647 e. The molecule has 0 amide bonds. The Bertz CT molecular complexity index is 214. The fourth-order valence-corrected chi connectivity index (χ4v) is 1.35. The summed E-state index contributed by atoms with van der Waals surface area (Å²) in [4.78, 5) is 0.791. The zero-order valence-corrected chi connectivity index (χ0v) is 8.17. The molecule has 0 unspecified atom stereocenters. The van der Waals surface area contributed by atoms with Gasteiger partial charge in [-0.15, -0.1) is 12.6 Å². The van der Waals surface area contributed by atoms with Crippen LogP contribution in [-0.4, -0.2) is 0 Å². The molecular weight excluding hydrogens is 233 g/mol. The van der Waals surface area contributed by atoms with Crippen LogP contribution >= 0.6 is 40.2 Å². The molecule has 0 saturated heterocycles. The van der Waals surface area contributed by atoms with E-state index in [1.54, 1.807) is 12.1 Å². The molecule has 4 heteroatoms. The maximum absolute atomic E-state index is 5.69. The van der Waals surface area contributed by atoms with Gasteiger partial charge in [0.25, 0.3) is 0 Å². The third kappa shape index (κ3) is 1.59. The molecule has 54 valence electrons. The van der Waals surface area contributed by atoms with E-state index >= 15 is 0 Å². The number of nitrogens with two attached hydrogens (primary N) is 1. The molecule has 0 radical (unpaired) electrons. The lowest BCUT2D eigenvalue weighted by Crippen LogP contribution is -1.85. The number of hydrogen-bond acceptors (Lipinski definition) is 2. The SMILES string of the molecule is Nc1cc(Br)c(S)cc1Cl. The highest BCUT2D eigenvalue weighted by Gasteiger charge is 1.99. The molecule has 0 bridgehead atoms. The molecular formula is C6H5BrClNS. The monoisotopic (exact) mass is 237 g/mol. The number of rotatable bonds is 0. The minimum Gasteiger partial charge on any atom is -0.397 e. The maximum Gasteiger partial charge on any atom is 0.0647 e. The molecule has 0 atom stereocenters. The van der Waals surface area contributed by atoms with Crippen molar-refractivity contribution in [2.24, 2.45) is 0 Å². The summed E-state index contributed by atoms with van der Waals surface area (Å²) in [5.74, 6) is 0. The van der Waals surface area contributed by atoms with Gasteiger partial charge in [-0.25, -0.2) is 0 Å². The molecule has 1 rings (SSSR count). The van der Waals surface area contributed by atoms with E-state index in [0.29, 0.717) is 10.7 Å². The van der Waals surface area contributed by atoms with Gasteiger partial charge in [0.2, 0.25) is 0 Å². The van der Waals surface area contributed by atoms with E-state index in [9.17, 15) is 0 Å². The van der Waals surface area contributed by atoms with E-state index < -0.39 is 0 Å². The second-order valence-corrected chi connectivity index (χ2v) is 3.57. The molecule has 0 aliphatic carbocycles. The van der Waals surface area contributed by atoms with Gasteiger partial charge >= 0.3 is 0 Å². The lowest BCUT2D eigenvalue weighted by molar-refractivity contribution is 1.42. The Balaban J connectivity index is 3.28. The van der Waals surface area contributed by atoms with Gasteiger partial charge in [-0.3, -0.25) is 0 Å². The van der Waals surface area contributed by atoms with E-state index in [2.05, 4.69) is 28.6 Å². The molecule has 0 aliphatic rings. The second-order valence-electron chi connectivity index (χ2n) is 1.83. The predicted octanol–water partition coefficient (Wildman–Crippen LogP) is 2.97. The van der Waals surface area contributed by atoms with E-state index in [4.69, 9.17) is 17.3 Å². The molecule has 0 fully saturated rings. The van der Waals surface area contributed by atoms with Crippen LogP contribution in [0.4, 0.5) is 5.69 Å². The van der Waals surface area contributed by atoms with Gasteiger partial charge in [0.1, 0.15) is 0 Å². The van der Waals surface area contributed by atoms with E-state index in [1.807, 2.05) is 0 Å². The standard InChI is InChI=1S/C6H5BrClNS/c7-3-1-5(9)4(8)2-6(3)10/h1-2,10H,9H2. The lowest BCUT2D eigenvalue weighted by atomic mass is 10.3. The van der Waals surface area contributed by atoms with Crippen molar-refractivity contribution in [1.82, 2.24) is 0 Å². The van der Waals surface area contributed by atoms with Crippen LogP contribution in [0, 0.1) is 0 Å². The number of thiol groups is 1. The summed E-state index contributed by atoms with van der Waals surface area (Å²) in [6, 6.07) is 3.43. The Morgan fingerprint density at radius 2 is 2.10 bits per heavy atom. The zero-order chi connectivity index (χ0) is 7.72. The summed E-state index contributed by atoms with van der Waals surface area (Å²) in [7, 11) is 0.